The van der Waals surface area contributed by atoms with Crippen LogP contribution >= 0.6 is 34.7 Å². The van der Waals surface area contributed by atoms with Gasteiger partial charge in [0.05, 0.1) is 29.9 Å². The Bertz CT molecular complexity index is 846. The van der Waals surface area contributed by atoms with Crippen LogP contribution in [-0.4, -0.2) is 34.8 Å². The zero-order valence-electron chi connectivity index (χ0n) is 16.3. The number of aryl methyl sites for hydroxylation is 1. The molecule has 28 heavy (non-hydrogen) atoms. The lowest BCUT2D eigenvalue weighted by Gasteiger charge is -2.28. The SMILES string of the molecule is CCONC(=O)CC(CC)(Sc1nc2c(C)cc(Cl)cc2s1)C(=O)NOCC. The molecule has 1 atom stereocenters. The van der Waals surface area contributed by atoms with Gasteiger partial charge in [-0.25, -0.2) is 15.9 Å². The Hall–Kier alpha value is -1.39. The number of hydrogen-bond donors (Lipinski definition) is 2. The summed E-state index contributed by atoms with van der Waals surface area (Å²) in [5.74, 6) is -0.773. The molecule has 1 aromatic heterocycles. The van der Waals surface area contributed by atoms with E-state index < -0.39 is 4.75 Å². The number of thioether (sulfide) groups is 1. The van der Waals surface area contributed by atoms with Crippen molar-refractivity contribution in [2.45, 2.75) is 49.6 Å². The van der Waals surface area contributed by atoms with Crippen LogP contribution in [0.3, 0.4) is 0 Å². The van der Waals surface area contributed by atoms with E-state index in [0.717, 1.165) is 15.8 Å². The summed E-state index contributed by atoms with van der Waals surface area (Å²) in [5.41, 5.74) is 6.59. The van der Waals surface area contributed by atoms with Crippen LogP contribution in [0.5, 0.6) is 0 Å². The van der Waals surface area contributed by atoms with Crippen molar-refractivity contribution >= 4 is 56.7 Å². The Balaban J connectivity index is 2.35. The molecule has 0 aliphatic rings. The predicted molar refractivity (Wildman–Crippen MR) is 112 cm³/mol. The number of hydroxylamine groups is 2. The lowest BCUT2D eigenvalue weighted by molar-refractivity contribution is -0.141. The number of hydrogen-bond acceptors (Lipinski definition) is 7. The number of amides is 2. The van der Waals surface area contributed by atoms with Gasteiger partial charge in [0.25, 0.3) is 5.91 Å². The van der Waals surface area contributed by atoms with Gasteiger partial charge in [-0.3, -0.25) is 19.3 Å². The van der Waals surface area contributed by atoms with Crippen LogP contribution in [0.4, 0.5) is 0 Å². The third-order valence-electron chi connectivity index (χ3n) is 3.98. The molecule has 10 heteroatoms. The molecule has 154 valence electrons. The third-order valence-corrected chi connectivity index (χ3v) is 6.77. The van der Waals surface area contributed by atoms with Gasteiger partial charge in [0.2, 0.25) is 5.91 Å². The number of carbonyl (C=O) groups is 2. The highest BCUT2D eigenvalue weighted by molar-refractivity contribution is 8.03. The van der Waals surface area contributed by atoms with Crippen molar-refractivity contribution in [1.82, 2.24) is 15.9 Å². The van der Waals surface area contributed by atoms with Gasteiger partial charge in [-0.15, -0.1) is 11.3 Å². The summed E-state index contributed by atoms with van der Waals surface area (Å²) in [5, 5.41) is 0.636. The average molecular weight is 446 g/mol. The molecule has 1 unspecified atom stereocenters. The van der Waals surface area contributed by atoms with Gasteiger partial charge >= 0.3 is 0 Å². The first-order valence-corrected chi connectivity index (χ1v) is 10.9. The Labute approximate surface area is 177 Å². The van der Waals surface area contributed by atoms with Crippen LogP contribution in [0.15, 0.2) is 16.5 Å². The van der Waals surface area contributed by atoms with Crippen molar-refractivity contribution in [2.24, 2.45) is 0 Å². The van der Waals surface area contributed by atoms with Crippen molar-refractivity contribution in [2.75, 3.05) is 13.2 Å². The van der Waals surface area contributed by atoms with Crippen molar-refractivity contribution in [3.8, 4) is 0 Å². The minimum absolute atomic E-state index is 0.0806. The van der Waals surface area contributed by atoms with Crippen LogP contribution in [0.25, 0.3) is 10.2 Å². The molecule has 0 saturated carbocycles. The Morgan fingerprint density at radius 3 is 2.54 bits per heavy atom. The largest absolute Gasteiger partial charge is 0.274 e. The van der Waals surface area contributed by atoms with Gasteiger partial charge in [0.1, 0.15) is 4.75 Å². The van der Waals surface area contributed by atoms with Gasteiger partial charge in [-0.1, -0.05) is 30.3 Å². The Morgan fingerprint density at radius 2 is 1.89 bits per heavy atom. The molecular formula is C18H24ClN3O4S2. The normalized spacial score (nSPS) is 13.3. The Kier molecular flexibility index (Phi) is 8.51. The smallest absolute Gasteiger partial charge is 0.260 e. The highest BCUT2D eigenvalue weighted by atomic mass is 35.5. The van der Waals surface area contributed by atoms with Crippen LogP contribution in [0, 0.1) is 6.92 Å². The molecule has 1 aromatic carbocycles. The van der Waals surface area contributed by atoms with Crippen molar-refractivity contribution < 1.29 is 19.3 Å². The maximum atomic E-state index is 12.9. The average Bonchev–Trinajstić information content (AvgIpc) is 3.06. The zero-order valence-corrected chi connectivity index (χ0v) is 18.6. The van der Waals surface area contributed by atoms with E-state index in [0.29, 0.717) is 29.0 Å². The molecule has 0 radical (unpaired) electrons. The molecular weight excluding hydrogens is 422 g/mol. The molecule has 1 heterocycles. The molecule has 2 N–H and O–H groups in total. The lowest BCUT2D eigenvalue weighted by atomic mass is 10.00. The molecule has 2 amide bonds. The quantitative estimate of drug-likeness (QED) is 0.424. The van der Waals surface area contributed by atoms with Crippen LogP contribution in [-0.2, 0) is 19.3 Å². The van der Waals surface area contributed by atoms with Gasteiger partial charge in [0.15, 0.2) is 4.34 Å². The number of aromatic nitrogens is 1. The van der Waals surface area contributed by atoms with Gasteiger partial charge in [-0.05, 0) is 44.9 Å². The first-order chi connectivity index (χ1) is 13.3. The molecule has 7 nitrogen and oxygen atoms in total. The summed E-state index contributed by atoms with van der Waals surface area (Å²) >= 11 is 8.83. The maximum absolute atomic E-state index is 12.9. The molecule has 2 rings (SSSR count). The standard InChI is InChI=1S/C18H24ClN3O4S2/c1-5-18(16(24)22-26-7-3,10-14(23)21-25-6-2)28-17-20-15-11(4)8-12(19)9-13(15)27-17/h8-9H,5-7,10H2,1-4H3,(H,21,23)(H,22,24). The van der Waals surface area contributed by atoms with E-state index in [1.54, 1.807) is 13.8 Å². The summed E-state index contributed by atoms with van der Waals surface area (Å²) in [6.45, 7) is 7.97. The van der Waals surface area contributed by atoms with E-state index in [4.69, 9.17) is 21.3 Å². The number of rotatable bonds is 10. The summed E-state index contributed by atoms with van der Waals surface area (Å²) in [6.07, 6.45) is 0.314. The van der Waals surface area contributed by atoms with Crippen LogP contribution in [0.2, 0.25) is 5.02 Å². The minimum atomic E-state index is -1.10. The monoisotopic (exact) mass is 445 g/mol. The molecule has 0 saturated heterocycles. The summed E-state index contributed by atoms with van der Waals surface area (Å²) in [7, 11) is 0. The first kappa shape index (κ1) is 22.9. The van der Waals surface area contributed by atoms with E-state index in [1.807, 2.05) is 26.0 Å². The number of nitrogens with one attached hydrogen (secondary N) is 2. The summed E-state index contributed by atoms with van der Waals surface area (Å²) in [6, 6.07) is 3.70. The van der Waals surface area contributed by atoms with Crippen molar-refractivity contribution in [1.29, 1.82) is 0 Å². The minimum Gasteiger partial charge on any atom is -0.274 e. The number of halogens is 1. The van der Waals surface area contributed by atoms with Gasteiger partial charge < -0.3 is 0 Å². The maximum Gasteiger partial charge on any atom is 0.260 e. The number of thiazole rings is 1. The highest BCUT2D eigenvalue weighted by Gasteiger charge is 2.41. The molecule has 0 aliphatic carbocycles. The fraction of sp³-hybridized carbons (Fsp3) is 0.500. The van der Waals surface area contributed by atoms with E-state index in [-0.39, 0.29) is 18.2 Å². The fourth-order valence-corrected chi connectivity index (χ4v) is 5.56. The van der Waals surface area contributed by atoms with Gasteiger partial charge in [-0.2, -0.15) is 0 Å². The van der Waals surface area contributed by atoms with Crippen molar-refractivity contribution in [3.05, 3.63) is 22.7 Å². The molecule has 2 aromatic rings. The second kappa shape index (κ2) is 10.4. The van der Waals surface area contributed by atoms with E-state index in [9.17, 15) is 9.59 Å². The van der Waals surface area contributed by atoms with Gasteiger partial charge in [0, 0.05) is 5.02 Å². The molecule has 0 spiro atoms. The number of carbonyl (C=O) groups excluding carboxylic acids is 2. The summed E-state index contributed by atoms with van der Waals surface area (Å²) < 4.78 is 0.515. The lowest BCUT2D eigenvalue weighted by Crippen LogP contribution is -2.47. The number of fused-ring (bicyclic) bond motifs is 1. The number of nitrogens with zero attached hydrogens (tertiary/aromatic N) is 1. The van der Waals surface area contributed by atoms with E-state index >= 15 is 0 Å². The summed E-state index contributed by atoms with van der Waals surface area (Å²) in [4.78, 5) is 39.9. The highest BCUT2D eigenvalue weighted by Crippen LogP contribution is 2.43. The third kappa shape index (κ3) is 5.57. The topological polar surface area (TPSA) is 89.5 Å². The second-order valence-electron chi connectivity index (χ2n) is 6.00. The predicted octanol–water partition coefficient (Wildman–Crippen LogP) is 4.02. The van der Waals surface area contributed by atoms with E-state index in [1.165, 1.54) is 23.1 Å². The Morgan fingerprint density at radius 1 is 1.21 bits per heavy atom. The van der Waals surface area contributed by atoms with E-state index in [2.05, 4.69) is 15.9 Å². The second-order valence-corrected chi connectivity index (χ2v) is 9.10. The zero-order chi connectivity index (χ0) is 20.7. The van der Waals surface area contributed by atoms with Crippen LogP contribution < -0.4 is 11.0 Å². The number of benzene rings is 1. The molecule has 0 bridgehead atoms. The van der Waals surface area contributed by atoms with Crippen molar-refractivity contribution in [3.63, 3.8) is 0 Å². The molecule has 0 fully saturated rings. The fourth-order valence-electron chi connectivity index (χ4n) is 2.54. The first-order valence-electron chi connectivity index (χ1n) is 8.93. The van der Waals surface area contributed by atoms with Crippen LogP contribution in [0.1, 0.15) is 39.2 Å². The molecule has 0 aliphatic heterocycles.